The lowest BCUT2D eigenvalue weighted by Crippen LogP contribution is -2.36. The van der Waals surface area contributed by atoms with Gasteiger partial charge < -0.3 is 5.32 Å². The molecule has 0 saturated heterocycles. The largest absolute Gasteiger partial charge is 0.313 e. The van der Waals surface area contributed by atoms with Crippen molar-refractivity contribution in [2.75, 3.05) is 25.4 Å². The number of hydrogen-bond donors (Lipinski definition) is 1. The molecule has 1 saturated carbocycles. The van der Waals surface area contributed by atoms with Gasteiger partial charge in [-0.1, -0.05) is 13.8 Å². The zero-order valence-corrected chi connectivity index (χ0v) is 9.81. The molecule has 4 nitrogen and oxygen atoms in total. The second-order valence-corrected chi connectivity index (χ2v) is 5.72. The van der Waals surface area contributed by atoms with Gasteiger partial charge in [0, 0.05) is 25.7 Å². The van der Waals surface area contributed by atoms with E-state index in [-0.39, 0.29) is 5.75 Å². The average Bonchev–Trinajstić information content (AvgIpc) is 2.89. The van der Waals surface area contributed by atoms with Gasteiger partial charge in [0.1, 0.15) is 0 Å². The van der Waals surface area contributed by atoms with Gasteiger partial charge in [-0.3, -0.25) is 0 Å². The van der Waals surface area contributed by atoms with E-state index in [0.29, 0.717) is 25.7 Å². The van der Waals surface area contributed by atoms with E-state index in [1.807, 2.05) is 13.8 Å². The van der Waals surface area contributed by atoms with Gasteiger partial charge in [0.15, 0.2) is 0 Å². The molecule has 0 bridgehead atoms. The fourth-order valence-corrected chi connectivity index (χ4v) is 2.85. The van der Waals surface area contributed by atoms with Crippen LogP contribution in [0.2, 0.25) is 0 Å². The van der Waals surface area contributed by atoms with Gasteiger partial charge in [-0.2, -0.15) is 0 Å². The highest BCUT2D eigenvalue weighted by atomic mass is 32.2. The molecule has 0 aliphatic heterocycles. The Hall–Kier alpha value is -0.130. The van der Waals surface area contributed by atoms with E-state index in [9.17, 15) is 8.42 Å². The molecule has 0 unspecified atom stereocenters. The molecule has 0 spiro atoms. The summed E-state index contributed by atoms with van der Waals surface area (Å²) >= 11 is 0. The molecule has 0 aromatic heterocycles. The van der Waals surface area contributed by atoms with Crippen molar-refractivity contribution in [2.45, 2.75) is 32.7 Å². The molecule has 1 N–H and O–H groups in total. The van der Waals surface area contributed by atoms with Gasteiger partial charge in [0.05, 0.1) is 5.75 Å². The first-order valence-corrected chi connectivity index (χ1v) is 6.92. The maximum Gasteiger partial charge on any atom is 0.215 e. The van der Waals surface area contributed by atoms with Gasteiger partial charge in [-0.25, -0.2) is 12.7 Å². The zero-order valence-electron chi connectivity index (χ0n) is 8.99. The SMILES string of the molecule is CCN(CC)S(=O)(=O)CCNC1CC1. The Morgan fingerprint density at radius 3 is 2.29 bits per heavy atom. The summed E-state index contributed by atoms with van der Waals surface area (Å²) in [5, 5.41) is 3.21. The van der Waals surface area contributed by atoms with Crippen molar-refractivity contribution in [1.82, 2.24) is 9.62 Å². The molecule has 1 aliphatic carbocycles. The monoisotopic (exact) mass is 220 g/mol. The molecule has 1 rings (SSSR count). The third kappa shape index (κ3) is 3.55. The minimum Gasteiger partial charge on any atom is -0.313 e. The first-order chi connectivity index (χ1) is 6.60. The molecule has 0 amide bonds. The molecule has 1 aliphatic rings. The number of nitrogens with one attached hydrogen (secondary N) is 1. The van der Waals surface area contributed by atoms with Crippen molar-refractivity contribution >= 4 is 10.0 Å². The van der Waals surface area contributed by atoms with Crippen LogP contribution in [0.4, 0.5) is 0 Å². The molecule has 0 aromatic carbocycles. The molecule has 0 aromatic rings. The van der Waals surface area contributed by atoms with E-state index in [4.69, 9.17) is 0 Å². The highest BCUT2D eigenvalue weighted by Gasteiger charge is 2.22. The smallest absolute Gasteiger partial charge is 0.215 e. The molecule has 14 heavy (non-hydrogen) atoms. The van der Waals surface area contributed by atoms with Gasteiger partial charge in [-0.05, 0) is 12.8 Å². The first-order valence-electron chi connectivity index (χ1n) is 5.31. The van der Waals surface area contributed by atoms with Gasteiger partial charge in [-0.15, -0.1) is 0 Å². The third-order valence-electron chi connectivity index (χ3n) is 2.47. The van der Waals surface area contributed by atoms with E-state index in [0.717, 1.165) is 0 Å². The number of hydrogen-bond acceptors (Lipinski definition) is 3. The highest BCUT2D eigenvalue weighted by molar-refractivity contribution is 7.89. The standard InChI is InChI=1S/C9H20N2O2S/c1-3-11(4-2)14(12,13)8-7-10-9-5-6-9/h9-10H,3-8H2,1-2H3. The lowest BCUT2D eigenvalue weighted by atomic mass is 10.6. The van der Waals surface area contributed by atoms with Crippen LogP contribution in [0.1, 0.15) is 26.7 Å². The molecule has 0 radical (unpaired) electrons. The zero-order chi connectivity index (χ0) is 10.6. The van der Waals surface area contributed by atoms with Crippen molar-refractivity contribution in [3.8, 4) is 0 Å². The Kier molecular flexibility index (Phi) is 4.34. The summed E-state index contributed by atoms with van der Waals surface area (Å²) in [4.78, 5) is 0. The summed E-state index contributed by atoms with van der Waals surface area (Å²) in [6.45, 7) is 5.47. The normalized spacial score (nSPS) is 17.6. The molecular formula is C9H20N2O2S. The minimum atomic E-state index is -3.02. The Morgan fingerprint density at radius 1 is 1.29 bits per heavy atom. The van der Waals surface area contributed by atoms with Crippen molar-refractivity contribution in [1.29, 1.82) is 0 Å². The molecule has 5 heteroatoms. The van der Waals surface area contributed by atoms with Crippen LogP contribution in [-0.4, -0.2) is 44.2 Å². The van der Waals surface area contributed by atoms with E-state index >= 15 is 0 Å². The summed E-state index contributed by atoms with van der Waals surface area (Å²) in [6, 6.07) is 0.585. The summed E-state index contributed by atoms with van der Waals surface area (Å²) in [6.07, 6.45) is 2.40. The Labute approximate surface area is 86.7 Å². The van der Waals surface area contributed by atoms with E-state index in [1.54, 1.807) is 0 Å². The highest BCUT2D eigenvalue weighted by Crippen LogP contribution is 2.18. The number of rotatable bonds is 7. The Morgan fingerprint density at radius 2 is 1.86 bits per heavy atom. The predicted octanol–water partition coefficient (Wildman–Crippen LogP) is 0.410. The van der Waals surface area contributed by atoms with Crippen LogP contribution in [0.25, 0.3) is 0 Å². The summed E-state index contributed by atoms with van der Waals surface area (Å²) < 4.78 is 24.9. The van der Waals surface area contributed by atoms with Crippen molar-refractivity contribution in [3.63, 3.8) is 0 Å². The van der Waals surface area contributed by atoms with Crippen LogP contribution in [0, 0.1) is 0 Å². The van der Waals surface area contributed by atoms with E-state index < -0.39 is 10.0 Å². The molecule has 84 valence electrons. The fourth-order valence-electron chi connectivity index (χ4n) is 1.43. The van der Waals surface area contributed by atoms with Crippen LogP contribution in [0.15, 0.2) is 0 Å². The van der Waals surface area contributed by atoms with Crippen LogP contribution in [0.3, 0.4) is 0 Å². The van der Waals surface area contributed by atoms with Crippen LogP contribution < -0.4 is 5.32 Å². The topological polar surface area (TPSA) is 49.4 Å². The lowest BCUT2D eigenvalue weighted by molar-refractivity contribution is 0.444. The van der Waals surface area contributed by atoms with Crippen LogP contribution in [0.5, 0.6) is 0 Å². The van der Waals surface area contributed by atoms with Gasteiger partial charge >= 0.3 is 0 Å². The van der Waals surface area contributed by atoms with Crippen molar-refractivity contribution < 1.29 is 8.42 Å². The molecule has 0 heterocycles. The summed E-state index contributed by atoms with van der Waals surface area (Å²) in [5.74, 6) is 0.227. The molecular weight excluding hydrogens is 200 g/mol. The predicted molar refractivity (Wildman–Crippen MR) is 57.7 cm³/mol. The second kappa shape index (κ2) is 5.09. The fraction of sp³-hybridized carbons (Fsp3) is 1.00. The summed E-state index contributed by atoms with van der Waals surface area (Å²) in [5.41, 5.74) is 0. The second-order valence-electron chi connectivity index (χ2n) is 3.63. The average molecular weight is 220 g/mol. The maximum absolute atomic E-state index is 11.7. The first kappa shape index (κ1) is 11.9. The molecule has 1 fully saturated rings. The third-order valence-corrected chi connectivity index (χ3v) is 4.49. The Bertz CT molecular complexity index is 256. The summed E-state index contributed by atoms with van der Waals surface area (Å²) in [7, 11) is -3.02. The quantitative estimate of drug-likeness (QED) is 0.676. The number of sulfonamides is 1. The van der Waals surface area contributed by atoms with Gasteiger partial charge in [0.25, 0.3) is 0 Å². The van der Waals surface area contributed by atoms with Crippen LogP contribution >= 0.6 is 0 Å². The van der Waals surface area contributed by atoms with Crippen molar-refractivity contribution in [3.05, 3.63) is 0 Å². The molecule has 0 atom stereocenters. The van der Waals surface area contributed by atoms with E-state index in [2.05, 4.69) is 5.32 Å². The van der Waals surface area contributed by atoms with Gasteiger partial charge in [0.2, 0.25) is 10.0 Å². The lowest BCUT2D eigenvalue weighted by Gasteiger charge is -2.18. The maximum atomic E-state index is 11.7. The van der Waals surface area contributed by atoms with Crippen LogP contribution in [-0.2, 0) is 10.0 Å². The Balaban J connectivity index is 2.30. The van der Waals surface area contributed by atoms with E-state index in [1.165, 1.54) is 17.1 Å². The minimum absolute atomic E-state index is 0.227. The number of nitrogens with zero attached hydrogens (tertiary/aromatic N) is 1. The van der Waals surface area contributed by atoms with Crippen molar-refractivity contribution in [2.24, 2.45) is 0 Å².